The van der Waals surface area contributed by atoms with E-state index in [2.05, 4.69) is 36.4 Å². The second-order valence-electron chi connectivity index (χ2n) is 7.17. The summed E-state index contributed by atoms with van der Waals surface area (Å²) in [6.45, 7) is 0.782. The highest BCUT2D eigenvalue weighted by Crippen LogP contribution is 2.45. The molecule has 2 aliphatic rings. The number of likely N-dealkylation sites (tertiary alicyclic amines) is 1. The van der Waals surface area contributed by atoms with Crippen LogP contribution in [0.2, 0.25) is 0 Å². The Morgan fingerprint density at radius 3 is 2.58 bits per heavy atom. The Bertz CT molecular complexity index is 785. The highest BCUT2D eigenvalue weighted by atomic mass is 79.9. The van der Waals surface area contributed by atoms with Crippen molar-refractivity contribution < 1.29 is 9.90 Å². The van der Waals surface area contributed by atoms with Gasteiger partial charge in [0.1, 0.15) is 6.04 Å². The molecule has 1 unspecified atom stereocenters. The molecule has 0 spiro atoms. The Hall–Kier alpha value is -1.80. The minimum absolute atomic E-state index is 0.408. The van der Waals surface area contributed by atoms with Gasteiger partial charge in [0, 0.05) is 11.0 Å². The molecule has 2 fully saturated rings. The molecule has 1 aliphatic heterocycles. The molecular formula is C18H22BrN5O2. The van der Waals surface area contributed by atoms with Gasteiger partial charge in [-0.2, -0.15) is 4.68 Å². The molecule has 1 N–H and O–H groups in total. The van der Waals surface area contributed by atoms with Crippen LogP contribution in [0.5, 0.6) is 0 Å². The van der Waals surface area contributed by atoms with E-state index < -0.39 is 17.6 Å². The van der Waals surface area contributed by atoms with Crippen molar-refractivity contribution in [2.24, 2.45) is 0 Å². The minimum atomic E-state index is -0.741. The second-order valence-corrected chi connectivity index (χ2v) is 8.09. The van der Waals surface area contributed by atoms with Crippen molar-refractivity contribution >= 4 is 21.9 Å². The van der Waals surface area contributed by atoms with Crippen molar-refractivity contribution in [3.63, 3.8) is 0 Å². The summed E-state index contributed by atoms with van der Waals surface area (Å²) in [6.07, 6.45) is 6.69. The van der Waals surface area contributed by atoms with Crippen LogP contribution in [0.25, 0.3) is 5.69 Å². The van der Waals surface area contributed by atoms with Gasteiger partial charge in [-0.15, -0.1) is 5.10 Å². The predicted octanol–water partition coefficient (Wildman–Crippen LogP) is 3.13. The fourth-order valence-electron chi connectivity index (χ4n) is 4.55. The van der Waals surface area contributed by atoms with Crippen molar-refractivity contribution in [2.45, 2.75) is 56.5 Å². The van der Waals surface area contributed by atoms with Crippen LogP contribution < -0.4 is 0 Å². The lowest BCUT2D eigenvalue weighted by Gasteiger charge is -2.45. The monoisotopic (exact) mass is 419 g/mol. The zero-order valence-corrected chi connectivity index (χ0v) is 16.1. The van der Waals surface area contributed by atoms with Crippen molar-refractivity contribution in [1.29, 1.82) is 0 Å². The smallest absolute Gasteiger partial charge is 0.320 e. The third-order valence-electron chi connectivity index (χ3n) is 5.73. The van der Waals surface area contributed by atoms with Crippen LogP contribution in [0.4, 0.5) is 0 Å². The van der Waals surface area contributed by atoms with Gasteiger partial charge in [-0.25, -0.2) is 0 Å². The van der Waals surface area contributed by atoms with Crippen LogP contribution in [0.3, 0.4) is 0 Å². The second kappa shape index (κ2) is 7.08. The first-order valence-corrected chi connectivity index (χ1v) is 9.95. The zero-order chi connectivity index (χ0) is 18.1. The van der Waals surface area contributed by atoms with Gasteiger partial charge in [-0.3, -0.25) is 9.69 Å². The molecule has 2 heterocycles. The van der Waals surface area contributed by atoms with E-state index in [1.807, 2.05) is 24.3 Å². The number of tetrazole rings is 1. The van der Waals surface area contributed by atoms with Crippen LogP contribution in [-0.4, -0.2) is 48.8 Å². The molecule has 0 amide bonds. The molecule has 1 atom stereocenters. The van der Waals surface area contributed by atoms with E-state index in [1.54, 1.807) is 4.68 Å². The number of aliphatic carboxylic acids is 1. The van der Waals surface area contributed by atoms with E-state index in [4.69, 9.17) is 0 Å². The summed E-state index contributed by atoms with van der Waals surface area (Å²) in [6, 6.07) is 7.41. The van der Waals surface area contributed by atoms with E-state index >= 15 is 0 Å². The van der Waals surface area contributed by atoms with Crippen molar-refractivity contribution in [2.75, 3.05) is 6.54 Å². The first kappa shape index (κ1) is 17.6. The van der Waals surface area contributed by atoms with Gasteiger partial charge in [0.05, 0.1) is 11.2 Å². The third-order valence-corrected chi connectivity index (χ3v) is 6.25. The van der Waals surface area contributed by atoms with Crippen molar-refractivity contribution in [3.05, 3.63) is 34.6 Å². The Kier molecular flexibility index (Phi) is 4.79. The zero-order valence-electron chi connectivity index (χ0n) is 14.5. The maximum Gasteiger partial charge on any atom is 0.320 e. The van der Waals surface area contributed by atoms with Gasteiger partial charge in [-0.1, -0.05) is 35.2 Å². The number of carboxylic acids is 1. The SMILES string of the molecule is O=C(O)C1CCCN1C1(c2nnnn2-c2ccc(Br)cc2)CCCCC1. The number of nitrogens with zero attached hydrogens (tertiary/aromatic N) is 5. The number of halogens is 1. The van der Waals surface area contributed by atoms with Crippen LogP contribution >= 0.6 is 15.9 Å². The summed E-state index contributed by atoms with van der Waals surface area (Å²) in [5, 5.41) is 22.3. The van der Waals surface area contributed by atoms with Crippen molar-refractivity contribution in [1.82, 2.24) is 25.1 Å². The molecule has 138 valence electrons. The number of rotatable bonds is 4. The molecule has 1 saturated carbocycles. The molecule has 8 heteroatoms. The Morgan fingerprint density at radius 2 is 1.88 bits per heavy atom. The molecule has 7 nitrogen and oxygen atoms in total. The number of aromatic nitrogens is 4. The summed E-state index contributed by atoms with van der Waals surface area (Å²) in [4.78, 5) is 14.0. The molecule has 0 bridgehead atoms. The van der Waals surface area contributed by atoms with Gasteiger partial charge >= 0.3 is 5.97 Å². The number of benzene rings is 1. The summed E-state index contributed by atoms with van der Waals surface area (Å²) in [5.74, 6) is 0.0304. The van der Waals surface area contributed by atoms with Crippen LogP contribution in [0.15, 0.2) is 28.7 Å². The van der Waals surface area contributed by atoms with E-state index in [0.717, 1.165) is 54.6 Å². The number of hydrogen-bond acceptors (Lipinski definition) is 5. The van der Waals surface area contributed by atoms with E-state index in [0.29, 0.717) is 6.42 Å². The normalized spacial score (nSPS) is 23.2. The first-order valence-electron chi connectivity index (χ1n) is 9.16. The van der Waals surface area contributed by atoms with Gasteiger partial charge in [0.2, 0.25) is 0 Å². The Balaban J connectivity index is 1.80. The molecule has 4 rings (SSSR count). The lowest BCUT2D eigenvalue weighted by molar-refractivity contribution is -0.145. The van der Waals surface area contributed by atoms with Crippen LogP contribution in [0, 0.1) is 0 Å². The van der Waals surface area contributed by atoms with Crippen LogP contribution in [0.1, 0.15) is 50.8 Å². The van der Waals surface area contributed by atoms with Crippen LogP contribution in [-0.2, 0) is 10.3 Å². The molecule has 1 aromatic carbocycles. The molecule has 1 aliphatic carbocycles. The summed E-state index contributed by atoms with van der Waals surface area (Å²) >= 11 is 3.46. The standard InChI is InChI=1S/C18H22BrN5O2/c19-13-6-8-14(9-7-13)24-17(20-21-22-24)18(10-2-1-3-11-18)23-12-4-5-15(23)16(25)26/h6-9,15H,1-5,10-12H2,(H,25,26). The van der Waals surface area contributed by atoms with E-state index in [9.17, 15) is 9.90 Å². The van der Waals surface area contributed by atoms with Gasteiger partial charge in [0.15, 0.2) is 5.82 Å². The lowest BCUT2D eigenvalue weighted by Crippen LogP contribution is -2.53. The van der Waals surface area contributed by atoms with Gasteiger partial charge in [0.25, 0.3) is 0 Å². The maximum atomic E-state index is 11.9. The predicted molar refractivity (Wildman–Crippen MR) is 99.0 cm³/mol. The average molecular weight is 420 g/mol. The Labute approximate surface area is 160 Å². The molecule has 2 aromatic rings. The first-order chi connectivity index (χ1) is 12.6. The molecular weight excluding hydrogens is 398 g/mol. The summed E-state index contributed by atoms with van der Waals surface area (Å²) in [7, 11) is 0. The third kappa shape index (κ3) is 2.95. The van der Waals surface area contributed by atoms with Crippen molar-refractivity contribution in [3.8, 4) is 5.69 Å². The fraction of sp³-hybridized carbons (Fsp3) is 0.556. The minimum Gasteiger partial charge on any atom is -0.480 e. The highest BCUT2D eigenvalue weighted by Gasteiger charge is 2.50. The fourth-order valence-corrected chi connectivity index (χ4v) is 4.81. The van der Waals surface area contributed by atoms with Gasteiger partial charge < -0.3 is 5.11 Å². The quantitative estimate of drug-likeness (QED) is 0.818. The number of hydrogen-bond donors (Lipinski definition) is 1. The topological polar surface area (TPSA) is 84.1 Å². The Morgan fingerprint density at radius 1 is 1.15 bits per heavy atom. The summed E-state index contributed by atoms with van der Waals surface area (Å²) < 4.78 is 2.78. The molecule has 0 radical (unpaired) electrons. The number of carbonyl (C=O) groups is 1. The number of carboxylic acid groups (broad SMARTS) is 1. The largest absolute Gasteiger partial charge is 0.480 e. The lowest BCUT2D eigenvalue weighted by atomic mass is 9.79. The molecule has 1 saturated heterocycles. The highest BCUT2D eigenvalue weighted by molar-refractivity contribution is 9.10. The van der Waals surface area contributed by atoms with Gasteiger partial charge in [-0.05, 0) is 60.4 Å². The molecule has 26 heavy (non-hydrogen) atoms. The average Bonchev–Trinajstić information content (AvgIpc) is 3.33. The maximum absolute atomic E-state index is 11.9. The summed E-state index contributed by atoms with van der Waals surface area (Å²) in [5.41, 5.74) is 0.484. The van der Waals surface area contributed by atoms with E-state index in [1.165, 1.54) is 6.42 Å². The molecule has 1 aromatic heterocycles. The van der Waals surface area contributed by atoms with E-state index in [-0.39, 0.29) is 0 Å².